The summed E-state index contributed by atoms with van der Waals surface area (Å²) in [6.45, 7) is 6.45. The maximum atomic E-state index is 11.8. The summed E-state index contributed by atoms with van der Waals surface area (Å²) in [5.41, 5.74) is -0.576. The van der Waals surface area contributed by atoms with Crippen molar-refractivity contribution in [2.24, 2.45) is 5.92 Å². The van der Waals surface area contributed by atoms with Gasteiger partial charge in [-0.2, -0.15) is 0 Å². The molecule has 4 heteroatoms. The van der Waals surface area contributed by atoms with E-state index in [9.17, 15) is 4.79 Å². The third-order valence-electron chi connectivity index (χ3n) is 3.42. The molecule has 1 unspecified atom stereocenters. The molecule has 1 N–H and O–H groups in total. The standard InChI is InChI=1S/C14H27NO3/c1-4-9-15-14(2,13(16)17-3)8-5-10-18-11-12-6-7-12/h12,15H,4-11H2,1-3H3. The van der Waals surface area contributed by atoms with Crippen LogP contribution < -0.4 is 5.32 Å². The fraction of sp³-hybridized carbons (Fsp3) is 0.929. The number of rotatable bonds is 10. The number of carbonyl (C=O) groups is 1. The van der Waals surface area contributed by atoms with Crippen molar-refractivity contribution in [3.63, 3.8) is 0 Å². The molecule has 1 saturated carbocycles. The van der Waals surface area contributed by atoms with Gasteiger partial charge in [0.25, 0.3) is 0 Å². The molecule has 1 rings (SSSR count). The predicted octanol–water partition coefficient (Wildman–Crippen LogP) is 2.12. The van der Waals surface area contributed by atoms with Crippen LogP contribution in [0.4, 0.5) is 0 Å². The van der Waals surface area contributed by atoms with E-state index in [4.69, 9.17) is 9.47 Å². The Hall–Kier alpha value is -0.610. The highest BCUT2D eigenvalue weighted by atomic mass is 16.5. The Morgan fingerprint density at radius 2 is 2.17 bits per heavy atom. The Labute approximate surface area is 110 Å². The first-order valence-corrected chi connectivity index (χ1v) is 7.03. The normalized spacial score (nSPS) is 18.4. The number of nitrogens with one attached hydrogen (secondary N) is 1. The molecule has 0 spiro atoms. The van der Waals surface area contributed by atoms with E-state index < -0.39 is 5.54 Å². The summed E-state index contributed by atoms with van der Waals surface area (Å²) in [6, 6.07) is 0. The molecule has 106 valence electrons. The molecule has 0 aromatic carbocycles. The van der Waals surface area contributed by atoms with E-state index in [1.165, 1.54) is 20.0 Å². The zero-order chi connectivity index (χ0) is 13.4. The van der Waals surface area contributed by atoms with Gasteiger partial charge in [-0.3, -0.25) is 4.79 Å². The van der Waals surface area contributed by atoms with E-state index in [1.54, 1.807) is 0 Å². The number of methoxy groups -OCH3 is 1. The second kappa shape index (κ2) is 7.74. The summed E-state index contributed by atoms with van der Waals surface area (Å²) in [5, 5.41) is 3.28. The Balaban J connectivity index is 2.22. The zero-order valence-corrected chi connectivity index (χ0v) is 12.0. The minimum absolute atomic E-state index is 0.182. The molecule has 0 aliphatic heterocycles. The average molecular weight is 257 g/mol. The third-order valence-corrected chi connectivity index (χ3v) is 3.42. The van der Waals surface area contributed by atoms with Crippen molar-refractivity contribution < 1.29 is 14.3 Å². The van der Waals surface area contributed by atoms with Gasteiger partial charge in [-0.15, -0.1) is 0 Å². The third kappa shape index (κ3) is 5.36. The van der Waals surface area contributed by atoms with Crippen LogP contribution in [0.1, 0.15) is 46.0 Å². The topological polar surface area (TPSA) is 47.6 Å². The summed E-state index contributed by atoms with van der Waals surface area (Å²) >= 11 is 0. The number of hydrogen-bond acceptors (Lipinski definition) is 4. The summed E-state index contributed by atoms with van der Waals surface area (Å²) < 4.78 is 10.5. The molecule has 0 amide bonds. The molecule has 1 atom stereocenters. The van der Waals surface area contributed by atoms with E-state index in [2.05, 4.69) is 12.2 Å². The minimum Gasteiger partial charge on any atom is -0.468 e. The molecule has 0 radical (unpaired) electrons. The first kappa shape index (κ1) is 15.4. The van der Waals surface area contributed by atoms with Crippen molar-refractivity contribution in [3.8, 4) is 0 Å². The lowest BCUT2D eigenvalue weighted by molar-refractivity contribution is -0.148. The van der Waals surface area contributed by atoms with Crippen molar-refractivity contribution in [3.05, 3.63) is 0 Å². The van der Waals surface area contributed by atoms with Crippen molar-refractivity contribution in [2.45, 2.75) is 51.5 Å². The molecule has 18 heavy (non-hydrogen) atoms. The van der Waals surface area contributed by atoms with Gasteiger partial charge in [-0.25, -0.2) is 0 Å². The van der Waals surface area contributed by atoms with Crippen LogP contribution in [-0.4, -0.2) is 38.4 Å². The molecular formula is C14H27NO3. The maximum absolute atomic E-state index is 11.8. The van der Waals surface area contributed by atoms with Crippen LogP contribution in [-0.2, 0) is 14.3 Å². The molecule has 0 aromatic rings. The van der Waals surface area contributed by atoms with Gasteiger partial charge in [0, 0.05) is 13.2 Å². The molecule has 1 fully saturated rings. The van der Waals surface area contributed by atoms with Gasteiger partial charge in [0.15, 0.2) is 0 Å². The lowest BCUT2D eigenvalue weighted by atomic mass is 9.96. The molecule has 0 bridgehead atoms. The molecule has 1 aliphatic carbocycles. The predicted molar refractivity (Wildman–Crippen MR) is 71.5 cm³/mol. The molecule has 4 nitrogen and oxygen atoms in total. The van der Waals surface area contributed by atoms with Gasteiger partial charge in [0.05, 0.1) is 7.11 Å². The van der Waals surface area contributed by atoms with Crippen LogP contribution in [0, 0.1) is 5.92 Å². The maximum Gasteiger partial charge on any atom is 0.325 e. The lowest BCUT2D eigenvalue weighted by Gasteiger charge is -2.28. The largest absolute Gasteiger partial charge is 0.468 e. The molecule has 0 heterocycles. The highest BCUT2D eigenvalue weighted by Gasteiger charge is 2.32. The Morgan fingerprint density at radius 1 is 1.44 bits per heavy atom. The molecule has 1 aliphatic rings. The van der Waals surface area contributed by atoms with Crippen molar-refractivity contribution in [1.29, 1.82) is 0 Å². The first-order chi connectivity index (χ1) is 8.62. The van der Waals surface area contributed by atoms with Crippen LogP contribution >= 0.6 is 0 Å². The van der Waals surface area contributed by atoms with Gasteiger partial charge < -0.3 is 14.8 Å². The average Bonchev–Trinajstić information content (AvgIpc) is 3.19. The van der Waals surface area contributed by atoms with Crippen LogP contribution in [0.3, 0.4) is 0 Å². The van der Waals surface area contributed by atoms with Crippen LogP contribution in [0.25, 0.3) is 0 Å². The van der Waals surface area contributed by atoms with Crippen molar-refractivity contribution >= 4 is 5.97 Å². The summed E-state index contributed by atoms with van der Waals surface area (Å²) in [5.74, 6) is 0.619. The van der Waals surface area contributed by atoms with Gasteiger partial charge >= 0.3 is 5.97 Å². The lowest BCUT2D eigenvalue weighted by Crippen LogP contribution is -2.50. The second-order valence-electron chi connectivity index (χ2n) is 5.37. The van der Waals surface area contributed by atoms with E-state index in [0.717, 1.165) is 44.9 Å². The fourth-order valence-electron chi connectivity index (χ4n) is 1.95. The van der Waals surface area contributed by atoms with Gasteiger partial charge in [-0.1, -0.05) is 6.92 Å². The van der Waals surface area contributed by atoms with Crippen molar-refractivity contribution in [1.82, 2.24) is 5.32 Å². The van der Waals surface area contributed by atoms with E-state index in [0.29, 0.717) is 0 Å². The summed E-state index contributed by atoms with van der Waals surface area (Å²) in [7, 11) is 1.44. The fourth-order valence-corrected chi connectivity index (χ4v) is 1.95. The first-order valence-electron chi connectivity index (χ1n) is 7.03. The van der Waals surface area contributed by atoms with Gasteiger partial charge in [0.2, 0.25) is 0 Å². The number of ether oxygens (including phenoxy) is 2. The van der Waals surface area contributed by atoms with E-state index >= 15 is 0 Å². The van der Waals surface area contributed by atoms with Crippen LogP contribution in [0.2, 0.25) is 0 Å². The SMILES string of the molecule is CCCNC(C)(CCCOCC1CC1)C(=O)OC. The minimum atomic E-state index is -0.576. The number of hydrogen-bond donors (Lipinski definition) is 1. The van der Waals surface area contributed by atoms with E-state index in [-0.39, 0.29) is 5.97 Å². The quantitative estimate of drug-likeness (QED) is 0.481. The van der Waals surface area contributed by atoms with Crippen LogP contribution in [0.15, 0.2) is 0 Å². The zero-order valence-electron chi connectivity index (χ0n) is 12.0. The van der Waals surface area contributed by atoms with Gasteiger partial charge in [-0.05, 0) is 51.5 Å². The summed E-state index contributed by atoms with van der Waals surface area (Å²) in [6.07, 6.45) is 5.28. The smallest absolute Gasteiger partial charge is 0.325 e. The Bertz CT molecular complexity index is 253. The highest BCUT2D eigenvalue weighted by molar-refractivity contribution is 5.80. The Kier molecular flexibility index (Phi) is 6.65. The molecule has 0 saturated heterocycles. The van der Waals surface area contributed by atoms with Crippen LogP contribution in [0.5, 0.6) is 0 Å². The Morgan fingerprint density at radius 3 is 2.72 bits per heavy atom. The monoisotopic (exact) mass is 257 g/mol. The molecular weight excluding hydrogens is 230 g/mol. The van der Waals surface area contributed by atoms with E-state index in [1.807, 2.05) is 6.92 Å². The molecule has 0 aromatic heterocycles. The second-order valence-corrected chi connectivity index (χ2v) is 5.37. The highest BCUT2D eigenvalue weighted by Crippen LogP contribution is 2.28. The van der Waals surface area contributed by atoms with Crippen molar-refractivity contribution in [2.75, 3.05) is 26.9 Å². The number of esters is 1. The number of carbonyl (C=O) groups excluding carboxylic acids is 1. The van der Waals surface area contributed by atoms with Gasteiger partial charge in [0.1, 0.15) is 5.54 Å². The summed E-state index contributed by atoms with van der Waals surface area (Å²) in [4.78, 5) is 11.8.